The number of carbonyl (C=O) groups excluding carboxylic acids is 1. The van der Waals surface area contributed by atoms with Crippen molar-refractivity contribution < 1.29 is 31.6 Å². The fourth-order valence-corrected chi connectivity index (χ4v) is 3.15. The van der Waals surface area contributed by atoms with Gasteiger partial charge in [0.15, 0.2) is 0 Å². The molecule has 1 rings (SSSR count). The highest BCUT2D eigenvalue weighted by Gasteiger charge is 2.31. The molecule has 1 aromatic carbocycles. The van der Waals surface area contributed by atoms with Crippen LogP contribution in [0.2, 0.25) is 0 Å². The van der Waals surface area contributed by atoms with E-state index in [2.05, 4.69) is 5.32 Å². The molecule has 1 amide bonds. The summed E-state index contributed by atoms with van der Waals surface area (Å²) in [5.41, 5.74) is -0.928. The number of hydrogen-bond acceptors (Lipinski definition) is 4. The molecule has 1 aromatic rings. The van der Waals surface area contributed by atoms with Crippen LogP contribution in [-0.4, -0.2) is 25.3 Å². The molecular formula is C13H17F3NO4P. The Hall–Kier alpha value is -1.37. The molecule has 9 heteroatoms. The van der Waals surface area contributed by atoms with Crippen molar-refractivity contribution in [3.63, 3.8) is 0 Å². The van der Waals surface area contributed by atoms with Crippen LogP contribution in [0, 0.1) is 0 Å². The quantitative estimate of drug-likeness (QED) is 0.765. The van der Waals surface area contributed by atoms with Gasteiger partial charge in [0.2, 0.25) is 5.91 Å². The Morgan fingerprint density at radius 1 is 1.23 bits per heavy atom. The van der Waals surface area contributed by atoms with Crippen molar-refractivity contribution in [2.24, 2.45) is 0 Å². The van der Waals surface area contributed by atoms with Crippen molar-refractivity contribution >= 4 is 19.2 Å². The Bertz CT molecular complexity index is 552. The van der Waals surface area contributed by atoms with Crippen LogP contribution >= 0.6 is 7.60 Å². The van der Waals surface area contributed by atoms with E-state index < -0.39 is 31.4 Å². The molecule has 0 aliphatic rings. The molecule has 0 atom stereocenters. The molecule has 1 N–H and O–H groups in total. The van der Waals surface area contributed by atoms with Crippen molar-refractivity contribution in [1.82, 2.24) is 0 Å². The highest BCUT2D eigenvalue weighted by atomic mass is 31.2. The number of alkyl halides is 3. The van der Waals surface area contributed by atoms with Crippen LogP contribution in [0.15, 0.2) is 24.3 Å². The monoisotopic (exact) mass is 339 g/mol. The minimum Gasteiger partial charge on any atom is -0.326 e. The van der Waals surface area contributed by atoms with E-state index in [1.165, 1.54) is 12.1 Å². The van der Waals surface area contributed by atoms with Gasteiger partial charge in [-0.2, -0.15) is 13.2 Å². The Labute approximate surface area is 126 Å². The van der Waals surface area contributed by atoms with E-state index in [1.54, 1.807) is 13.8 Å². The molecule has 22 heavy (non-hydrogen) atoms. The topological polar surface area (TPSA) is 64.6 Å². The predicted molar refractivity (Wildman–Crippen MR) is 75.8 cm³/mol. The molecule has 0 bridgehead atoms. The van der Waals surface area contributed by atoms with Gasteiger partial charge in [0.1, 0.15) is 6.16 Å². The smallest absolute Gasteiger partial charge is 0.326 e. The van der Waals surface area contributed by atoms with Crippen molar-refractivity contribution in [2.45, 2.75) is 20.0 Å². The van der Waals surface area contributed by atoms with Crippen LogP contribution in [0.5, 0.6) is 0 Å². The lowest BCUT2D eigenvalue weighted by atomic mass is 10.2. The zero-order chi connectivity index (χ0) is 16.8. The zero-order valence-electron chi connectivity index (χ0n) is 12.1. The third-order valence-electron chi connectivity index (χ3n) is 2.46. The Balaban J connectivity index is 2.78. The van der Waals surface area contributed by atoms with Gasteiger partial charge in [0.25, 0.3) is 0 Å². The summed E-state index contributed by atoms with van der Waals surface area (Å²) in [6.07, 6.45) is -5.07. The van der Waals surface area contributed by atoms with Crippen LogP contribution in [0.4, 0.5) is 18.9 Å². The third kappa shape index (κ3) is 5.79. The minimum atomic E-state index is -4.51. The molecule has 0 aliphatic heterocycles. The number of hydrogen-bond donors (Lipinski definition) is 1. The fourth-order valence-electron chi connectivity index (χ4n) is 1.67. The number of nitrogens with one attached hydrogen (secondary N) is 1. The number of halogens is 3. The largest absolute Gasteiger partial charge is 0.416 e. The van der Waals surface area contributed by atoms with Gasteiger partial charge in [-0.3, -0.25) is 9.36 Å². The van der Waals surface area contributed by atoms with E-state index in [0.29, 0.717) is 0 Å². The first kappa shape index (κ1) is 18.7. The lowest BCUT2D eigenvalue weighted by Gasteiger charge is -2.16. The molecular weight excluding hydrogens is 322 g/mol. The molecule has 0 saturated carbocycles. The highest BCUT2D eigenvalue weighted by Crippen LogP contribution is 2.47. The first-order valence-corrected chi connectivity index (χ1v) is 8.28. The fraction of sp³-hybridized carbons (Fsp3) is 0.462. The first-order valence-electron chi connectivity index (χ1n) is 6.55. The minimum absolute atomic E-state index is 0.0422. The van der Waals surface area contributed by atoms with Gasteiger partial charge in [-0.15, -0.1) is 0 Å². The molecule has 0 radical (unpaired) electrons. The standard InChI is InChI=1S/C13H17F3NO4P/c1-3-20-22(19,21-4-2)9-12(18)17-11-7-5-6-10(8-11)13(14,15)16/h5-8H,3-4,9H2,1-2H3,(H,17,18). The Morgan fingerprint density at radius 3 is 2.32 bits per heavy atom. The van der Waals surface area contributed by atoms with Gasteiger partial charge < -0.3 is 14.4 Å². The molecule has 0 fully saturated rings. The van der Waals surface area contributed by atoms with E-state index in [4.69, 9.17) is 9.05 Å². The van der Waals surface area contributed by atoms with Crippen molar-refractivity contribution in [3.8, 4) is 0 Å². The molecule has 5 nitrogen and oxygen atoms in total. The van der Waals surface area contributed by atoms with Gasteiger partial charge in [-0.1, -0.05) is 6.07 Å². The molecule has 124 valence electrons. The number of anilines is 1. The maximum Gasteiger partial charge on any atom is 0.416 e. The number of carbonyl (C=O) groups is 1. The maximum absolute atomic E-state index is 12.6. The van der Waals surface area contributed by atoms with Crippen molar-refractivity contribution in [3.05, 3.63) is 29.8 Å². The first-order chi connectivity index (χ1) is 10.2. The third-order valence-corrected chi connectivity index (χ3v) is 4.44. The summed E-state index contributed by atoms with van der Waals surface area (Å²) in [5, 5.41) is 2.26. The van der Waals surface area contributed by atoms with Crippen LogP contribution in [-0.2, 0) is 24.6 Å². The van der Waals surface area contributed by atoms with Gasteiger partial charge in [-0.25, -0.2) is 0 Å². The van der Waals surface area contributed by atoms with Gasteiger partial charge >= 0.3 is 13.8 Å². The van der Waals surface area contributed by atoms with E-state index in [9.17, 15) is 22.5 Å². The lowest BCUT2D eigenvalue weighted by Crippen LogP contribution is -2.18. The van der Waals surface area contributed by atoms with E-state index in [-0.39, 0.29) is 18.9 Å². The summed E-state index contributed by atoms with van der Waals surface area (Å²) in [7, 11) is -3.59. The summed E-state index contributed by atoms with van der Waals surface area (Å²) >= 11 is 0. The van der Waals surface area contributed by atoms with Gasteiger partial charge in [0.05, 0.1) is 18.8 Å². The van der Waals surface area contributed by atoms with Gasteiger partial charge in [0, 0.05) is 5.69 Å². The molecule has 0 saturated heterocycles. The second-order valence-electron chi connectivity index (χ2n) is 4.23. The van der Waals surface area contributed by atoms with Crippen LogP contribution in [0.25, 0.3) is 0 Å². The summed E-state index contributed by atoms with van der Waals surface area (Å²) in [5.74, 6) is -0.746. The molecule has 0 unspecified atom stereocenters. The summed E-state index contributed by atoms with van der Waals surface area (Å²) in [6.45, 7) is 3.37. The van der Waals surface area contributed by atoms with Crippen LogP contribution in [0.1, 0.15) is 19.4 Å². The maximum atomic E-state index is 12.6. The molecule has 0 aromatic heterocycles. The normalized spacial score (nSPS) is 12.2. The average molecular weight is 339 g/mol. The summed E-state index contributed by atoms with van der Waals surface area (Å²) in [6, 6.07) is 4.16. The summed E-state index contributed by atoms with van der Waals surface area (Å²) in [4.78, 5) is 11.8. The van der Waals surface area contributed by atoms with Gasteiger partial charge in [-0.05, 0) is 32.0 Å². The highest BCUT2D eigenvalue weighted by molar-refractivity contribution is 7.54. The van der Waals surface area contributed by atoms with Crippen LogP contribution < -0.4 is 5.32 Å². The lowest BCUT2D eigenvalue weighted by molar-refractivity contribution is -0.137. The molecule has 0 spiro atoms. The Morgan fingerprint density at radius 2 is 1.82 bits per heavy atom. The van der Waals surface area contributed by atoms with E-state index in [0.717, 1.165) is 12.1 Å². The number of amides is 1. The second-order valence-corrected chi connectivity index (χ2v) is 6.29. The number of rotatable bonds is 7. The van der Waals surface area contributed by atoms with E-state index in [1.807, 2.05) is 0 Å². The Kier molecular flexibility index (Phi) is 6.59. The number of benzene rings is 1. The van der Waals surface area contributed by atoms with E-state index >= 15 is 0 Å². The average Bonchev–Trinajstić information content (AvgIpc) is 2.37. The summed E-state index contributed by atoms with van der Waals surface area (Å²) < 4.78 is 59.8. The predicted octanol–water partition coefficient (Wildman–Crippen LogP) is 3.91. The molecule has 0 aliphatic carbocycles. The van der Waals surface area contributed by atoms with Crippen molar-refractivity contribution in [2.75, 3.05) is 24.7 Å². The van der Waals surface area contributed by atoms with Crippen LogP contribution in [0.3, 0.4) is 0 Å². The second kappa shape index (κ2) is 7.76. The molecule has 0 heterocycles. The SMILES string of the molecule is CCOP(=O)(CC(=O)Nc1cccc(C(F)(F)F)c1)OCC. The zero-order valence-corrected chi connectivity index (χ0v) is 13.0. The van der Waals surface area contributed by atoms with Crippen molar-refractivity contribution in [1.29, 1.82) is 0 Å².